The Morgan fingerprint density at radius 3 is 2.78 bits per heavy atom. The van der Waals surface area contributed by atoms with Gasteiger partial charge in [-0.25, -0.2) is 0 Å². The maximum atomic E-state index is 12.7. The first kappa shape index (κ1) is 18.1. The molecule has 0 spiro atoms. The molecular weight excluding hydrogens is 334 g/mol. The molecule has 0 atom stereocenters. The molecule has 1 N–H and O–H groups in total. The molecule has 1 amide bonds. The molecule has 2 aromatic rings. The van der Waals surface area contributed by atoms with Crippen LogP contribution >= 0.6 is 0 Å². The van der Waals surface area contributed by atoms with Gasteiger partial charge in [-0.1, -0.05) is 25.8 Å². The summed E-state index contributed by atoms with van der Waals surface area (Å²) in [7, 11) is 0. The molecule has 0 radical (unpaired) electrons. The average molecular weight is 364 g/mol. The molecular formula is C24H29NO2. The molecule has 2 heterocycles. The molecule has 3 nitrogen and oxygen atoms in total. The number of carbonyl (C=O) groups is 1. The first-order valence-electron chi connectivity index (χ1n) is 10.4. The van der Waals surface area contributed by atoms with Crippen LogP contribution in [0.4, 0.5) is 5.69 Å². The zero-order chi connectivity index (χ0) is 19.0. The average Bonchev–Trinajstić information content (AvgIpc) is 3.13. The lowest BCUT2D eigenvalue weighted by Gasteiger charge is -2.10. The smallest absolute Gasteiger partial charge is 0.256 e. The van der Waals surface area contributed by atoms with E-state index in [1.165, 1.54) is 48.8 Å². The molecule has 1 aromatic carbocycles. The van der Waals surface area contributed by atoms with Crippen LogP contribution < -0.4 is 5.32 Å². The number of furan rings is 1. The van der Waals surface area contributed by atoms with E-state index >= 15 is 0 Å². The van der Waals surface area contributed by atoms with Gasteiger partial charge < -0.3 is 9.73 Å². The van der Waals surface area contributed by atoms with Gasteiger partial charge in [0.2, 0.25) is 0 Å². The summed E-state index contributed by atoms with van der Waals surface area (Å²) in [5.74, 6) is 2.04. The van der Waals surface area contributed by atoms with Gasteiger partial charge in [-0.05, 0) is 74.8 Å². The van der Waals surface area contributed by atoms with Crippen LogP contribution in [0.15, 0.2) is 16.5 Å². The summed E-state index contributed by atoms with van der Waals surface area (Å²) >= 11 is 0. The minimum atomic E-state index is -0.0208. The lowest BCUT2D eigenvalue weighted by molar-refractivity contribution is -0.110. The zero-order valence-corrected chi connectivity index (χ0v) is 16.7. The molecule has 3 heteroatoms. The number of hydrogen-bond donors (Lipinski definition) is 1. The fourth-order valence-corrected chi connectivity index (χ4v) is 4.59. The van der Waals surface area contributed by atoms with Crippen molar-refractivity contribution in [3.63, 3.8) is 0 Å². The number of anilines is 1. The van der Waals surface area contributed by atoms with E-state index in [0.717, 1.165) is 53.2 Å². The summed E-state index contributed by atoms with van der Waals surface area (Å²) in [6.07, 6.45) is 11.3. The molecule has 0 fully saturated rings. The van der Waals surface area contributed by atoms with Crippen LogP contribution in [0.25, 0.3) is 11.6 Å². The predicted octanol–water partition coefficient (Wildman–Crippen LogP) is 6.00. The van der Waals surface area contributed by atoms with Gasteiger partial charge >= 0.3 is 0 Å². The number of unbranched alkanes of at least 4 members (excludes halogenated alkanes) is 2. The molecule has 0 saturated heterocycles. The van der Waals surface area contributed by atoms with Gasteiger partial charge in [0.15, 0.2) is 0 Å². The monoisotopic (exact) mass is 363 g/mol. The third-order valence-electron chi connectivity index (χ3n) is 5.86. The quantitative estimate of drug-likeness (QED) is 0.523. The van der Waals surface area contributed by atoms with Crippen molar-refractivity contribution in [3.8, 4) is 0 Å². The van der Waals surface area contributed by atoms with Crippen molar-refractivity contribution in [2.75, 3.05) is 5.32 Å². The second-order valence-electron chi connectivity index (χ2n) is 8.03. The standard InChI is InChI=1S/C24H29NO2/c1-4-5-6-9-18-17-10-7-8-11-21(17)27-22(18)14-19-23-16(3)12-15(2)13-20(23)25-24(19)26/h12-14H,4-11H2,1-3H3,(H,25,26). The lowest BCUT2D eigenvalue weighted by atomic mass is 9.91. The van der Waals surface area contributed by atoms with Crippen LogP contribution in [0, 0.1) is 13.8 Å². The predicted molar refractivity (Wildman–Crippen MR) is 111 cm³/mol. The summed E-state index contributed by atoms with van der Waals surface area (Å²) < 4.78 is 6.30. The van der Waals surface area contributed by atoms with Crippen LogP contribution in [-0.2, 0) is 24.1 Å². The number of nitrogens with one attached hydrogen (secondary N) is 1. The van der Waals surface area contributed by atoms with Gasteiger partial charge in [-0.3, -0.25) is 4.79 Å². The highest BCUT2D eigenvalue weighted by molar-refractivity contribution is 6.35. The highest BCUT2D eigenvalue weighted by Gasteiger charge is 2.28. The lowest BCUT2D eigenvalue weighted by Crippen LogP contribution is -2.04. The van der Waals surface area contributed by atoms with E-state index in [4.69, 9.17) is 4.42 Å². The molecule has 1 aliphatic heterocycles. The van der Waals surface area contributed by atoms with Crippen molar-refractivity contribution < 1.29 is 9.21 Å². The van der Waals surface area contributed by atoms with Crippen molar-refractivity contribution in [2.24, 2.45) is 0 Å². The number of benzene rings is 1. The van der Waals surface area contributed by atoms with Crippen LogP contribution in [0.5, 0.6) is 0 Å². The van der Waals surface area contributed by atoms with Gasteiger partial charge in [0.1, 0.15) is 11.5 Å². The Hall–Kier alpha value is -2.29. The van der Waals surface area contributed by atoms with Crippen LogP contribution in [0.2, 0.25) is 0 Å². The maximum Gasteiger partial charge on any atom is 0.256 e. The Bertz CT molecular complexity index is 917. The topological polar surface area (TPSA) is 42.2 Å². The third-order valence-corrected chi connectivity index (χ3v) is 5.86. The molecule has 4 rings (SSSR count). The fraction of sp³-hybridized carbons (Fsp3) is 0.458. The molecule has 0 saturated carbocycles. The molecule has 1 aliphatic carbocycles. The number of amides is 1. The summed E-state index contributed by atoms with van der Waals surface area (Å²) in [5, 5.41) is 3.03. The number of aryl methyl sites for hydroxylation is 3. The van der Waals surface area contributed by atoms with Crippen LogP contribution in [-0.4, -0.2) is 5.91 Å². The Morgan fingerprint density at radius 1 is 1.15 bits per heavy atom. The molecule has 142 valence electrons. The maximum absolute atomic E-state index is 12.7. The second kappa shape index (κ2) is 7.38. The van der Waals surface area contributed by atoms with Crippen molar-refractivity contribution in [1.82, 2.24) is 0 Å². The third kappa shape index (κ3) is 3.36. The molecule has 2 aliphatic rings. The minimum absolute atomic E-state index is 0.0208. The van der Waals surface area contributed by atoms with Gasteiger partial charge in [0.05, 0.1) is 5.57 Å². The van der Waals surface area contributed by atoms with E-state index in [9.17, 15) is 4.79 Å². The first-order valence-corrected chi connectivity index (χ1v) is 10.4. The number of fused-ring (bicyclic) bond motifs is 2. The van der Waals surface area contributed by atoms with Gasteiger partial charge in [-0.2, -0.15) is 0 Å². The van der Waals surface area contributed by atoms with Crippen LogP contribution in [0.3, 0.4) is 0 Å². The second-order valence-corrected chi connectivity index (χ2v) is 8.03. The Kier molecular flexibility index (Phi) is 4.94. The first-order chi connectivity index (χ1) is 13.1. The SMILES string of the molecule is CCCCCc1c(C=C2C(=O)Nc3cc(C)cc(C)c32)oc2c1CCCC2. The molecule has 0 bridgehead atoms. The van der Waals surface area contributed by atoms with Crippen molar-refractivity contribution >= 4 is 23.2 Å². The normalized spacial score (nSPS) is 17.1. The van der Waals surface area contributed by atoms with E-state index in [1.807, 2.05) is 6.08 Å². The molecule has 27 heavy (non-hydrogen) atoms. The van der Waals surface area contributed by atoms with Crippen molar-refractivity contribution in [1.29, 1.82) is 0 Å². The highest BCUT2D eigenvalue weighted by atomic mass is 16.3. The number of carbonyl (C=O) groups excluding carboxylic acids is 1. The van der Waals surface area contributed by atoms with Gasteiger partial charge in [0.25, 0.3) is 5.91 Å². The van der Waals surface area contributed by atoms with E-state index in [-0.39, 0.29) is 5.91 Å². The summed E-state index contributed by atoms with van der Waals surface area (Å²) in [5.41, 5.74) is 7.76. The number of rotatable bonds is 5. The molecule has 0 unspecified atom stereocenters. The van der Waals surface area contributed by atoms with Crippen molar-refractivity contribution in [3.05, 3.63) is 51.5 Å². The minimum Gasteiger partial charge on any atom is -0.461 e. The fourth-order valence-electron chi connectivity index (χ4n) is 4.59. The van der Waals surface area contributed by atoms with Crippen molar-refractivity contribution in [2.45, 2.75) is 72.1 Å². The number of hydrogen-bond acceptors (Lipinski definition) is 2. The summed E-state index contributed by atoms with van der Waals surface area (Å²) in [4.78, 5) is 12.7. The highest BCUT2D eigenvalue weighted by Crippen LogP contribution is 2.39. The Labute approximate surface area is 161 Å². The summed E-state index contributed by atoms with van der Waals surface area (Å²) in [6.45, 7) is 6.38. The Balaban J connectivity index is 1.78. The van der Waals surface area contributed by atoms with E-state index in [0.29, 0.717) is 0 Å². The van der Waals surface area contributed by atoms with Crippen LogP contribution in [0.1, 0.15) is 78.4 Å². The van der Waals surface area contributed by atoms with E-state index in [2.05, 4.69) is 38.2 Å². The molecule has 1 aromatic heterocycles. The Morgan fingerprint density at radius 2 is 1.96 bits per heavy atom. The zero-order valence-electron chi connectivity index (χ0n) is 16.7. The summed E-state index contributed by atoms with van der Waals surface area (Å²) in [6, 6.07) is 4.19. The van der Waals surface area contributed by atoms with Gasteiger partial charge in [0, 0.05) is 23.2 Å². The van der Waals surface area contributed by atoms with Gasteiger partial charge in [-0.15, -0.1) is 0 Å². The largest absolute Gasteiger partial charge is 0.461 e. The van der Waals surface area contributed by atoms with E-state index in [1.54, 1.807) is 0 Å². The van der Waals surface area contributed by atoms with E-state index < -0.39 is 0 Å².